The molecule has 0 radical (unpaired) electrons. The Morgan fingerprint density at radius 3 is 2.25 bits per heavy atom. The molecule has 0 fully saturated rings. The van der Waals surface area contributed by atoms with Crippen LogP contribution in [0.3, 0.4) is 0 Å². The Bertz CT molecular complexity index is 2200. The molecular weight excluding hydrogens is 575 g/mol. The van der Waals surface area contributed by atoms with E-state index in [-0.39, 0.29) is 10.8 Å². The molecule has 3 heterocycles. The van der Waals surface area contributed by atoms with Gasteiger partial charge >= 0.3 is 0 Å². The van der Waals surface area contributed by atoms with Gasteiger partial charge in [-0.2, -0.15) is 4.37 Å². The highest BCUT2D eigenvalue weighted by atomic mass is 32.1. The molecule has 2 aromatic heterocycles. The van der Waals surface area contributed by atoms with Crippen LogP contribution in [0.1, 0.15) is 51.3 Å². The van der Waals surface area contributed by atoms with Crippen LogP contribution in [0.15, 0.2) is 109 Å². The highest BCUT2D eigenvalue weighted by Gasteiger charge is 2.37. The van der Waals surface area contributed by atoms with Crippen LogP contribution >= 0.6 is 22.9 Å². The van der Waals surface area contributed by atoms with Gasteiger partial charge < -0.3 is 4.90 Å². The van der Waals surface area contributed by atoms with Crippen LogP contribution in [0, 0.1) is 0 Å². The zero-order valence-corrected chi connectivity index (χ0v) is 27.2. The van der Waals surface area contributed by atoms with Crippen molar-refractivity contribution >= 4 is 60.1 Å². The summed E-state index contributed by atoms with van der Waals surface area (Å²) >= 11 is 3.30. The molecule has 1 aliphatic rings. The lowest BCUT2D eigenvalue weighted by molar-refractivity contribution is 0.590. The largest absolute Gasteiger partial charge is 0.310 e. The van der Waals surface area contributed by atoms with E-state index in [2.05, 4.69) is 149 Å². The molecule has 0 aliphatic carbocycles. The van der Waals surface area contributed by atoms with Gasteiger partial charge in [0.2, 0.25) is 0 Å². The number of aromatic nitrogens is 2. The summed E-state index contributed by atoms with van der Waals surface area (Å²) < 4.78 is 7.46. The number of anilines is 3. The first kappa shape index (κ1) is 27.2. The Hall–Kier alpha value is -4.32. The number of benzene rings is 5. The zero-order chi connectivity index (χ0) is 30.2. The highest BCUT2D eigenvalue weighted by Crippen LogP contribution is 2.53. The molecule has 0 amide bonds. The molecule has 1 aliphatic heterocycles. The van der Waals surface area contributed by atoms with E-state index in [0.29, 0.717) is 0 Å². The number of hydrogen-bond acceptors (Lipinski definition) is 5. The molecule has 44 heavy (non-hydrogen) atoms. The topological polar surface area (TPSA) is 29.0 Å². The fraction of sp³-hybridized carbons (Fsp3) is 0.179. The minimum absolute atomic E-state index is 0.0978. The third-order valence-electron chi connectivity index (χ3n) is 9.04. The lowest BCUT2D eigenvalue weighted by atomic mass is 9.73. The first-order valence-electron chi connectivity index (χ1n) is 15.1. The minimum Gasteiger partial charge on any atom is -0.310 e. The Labute approximate surface area is 266 Å². The van der Waals surface area contributed by atoms with Gasteiger partial charge in [-0.3, -0.25) is 0 Å². The van der Waals surface area contributed by atoms with E-state index in [9.17, 15) is 0 Å². The Kier molecular flexibility index (Phi) is 6.10. The average Bonchev–Trinajstić information content (AvgIpc) is 3.66. The fourth-order valence-corrected chi connectivity index (χ4v) is 8.45. The molecule has 0 atom stereocenters. The van der Waals surface area contributed by atoms with Gasteiger partial charge in [-0.05, 0) is 70.0 Å². The predicted molar refractivity (Wildman–Crippen MR) is 189 cm³/mol. The maximum atomic E-state index is 5.15. The number of hydrogen-bond donors (Lipinski definition) is 0. The second-order valence-corrected chi connectivity index (χ2v) is 15.0. The molecule has 0 saturated carbocycles. The van der Waals surface area contributed by atoms with Gasteiger partial charge in [-0.15, -0.1) is 11.3 Å². The van der Waals surface area contributed by atoms with Gasteiger partial charge in [0, 0.05) is 42.4 Å². The summed E-state index contributed by atoms with van der Waals surface area (Å²) in [5.41, 5.74) is 9.67. The average molecular weight is 608 g/mol. The molecule has 8 rings (SSSR count). The molecule has 0 spiro atoms. The molecule has 0 bridgehead atoms. The van der Waals surface area contributed by atoms with Crippen molar-refractivity contribution < 1.29 is 0 Å². The Balaban J connectivity index is 1.27. The lowest BCUT2D eigenvalue weighted by Crippen LogP contribution is -2.30. The third kappa shape index (κ3) is 4.21. The maximum absolute atomic E-state index is 5.15. The second-order valence-electron chi connectivity index (χ2n) is 13.2. The summed E-state index contributed by atoms with van der Waals surface area (Å²) in [5.74, 6) is 0.789. The Morgan fingerprint density at radius 2 is 1.43 bits per heavy atom. The quantitative estimate of drug-likeness (QED) is 0.200. The summed E-state index contributed by atoms with van der Waals surface area (Å²) in [7, 11) is 0. The van der Waals surface area contributed by atoms with E-state index in [0.717, 1.165) is 27.6 Å². The SMILES string of the molecule is CC(C)(C)c1ccc(N2c3ccccc3C(C)(C)c3ccc(-c4nc(-c5cccc6sc7ccccc7c56)ns4)cc32)cc1. The number of thiophene rings is 1. The van der Waals surface area contributed by atoms with Crippen molar-refractivity contribution in [2.24, 2.45) is 0 Å². The molecule has 7 aromatic rings. The van der Waals surface area contributed by atoms with Crippen LogP contribution in [-0.4, -0.2) is 9.36 Å². The van der Waals surface area contributed by atoms with Gasteiger partial charge in [0.1, 0.15) is 5.01 Å². The van der Waals surface area contributed by atoms with Crippen LogP contribution < -0.4 is 4.90 Å². The van der Waals surface area contributed by atoms with Crippen molar-refractivity contribution in [1.29, 1.82) is 0 Å². The fourth-order valence-electron chi connectivity index (χ4n) is 6.65. The summed E-state index contributed by atoms with van der Waals surface area (Å²) in [6, 6.07) is 39.8. The number of fused-ring (bicyclic) bond motifs is 5. The standard InChI is InChI=1S/C39H33N3S2/c1-38(2,3)25-18-20-26(21-19-25)42-31-14-8-7-13-29(31)39(4,5)30-22-17-24(23-32(30)42)37-40-36(41-44-37)28-12-10-16-34-35(28)27-11-6-9-15-33(27)43-34/h6-23H,1-5H3. The van der Waals surface area contributed by atoms with Gasteiger partial charge in [-0.25, -0.2) is 4.98 Å². The molecule has 0 saturated heterocycles. The van der Waals surface area contributed by atoms with Crippen LogP contribution in [0.4, 0.5) is 17.1 Å². The van der Waals surface area contributed by atoms with Gasteiger partial charge in [0.05, 0.1) is 11.4 Å². The van der Waals surface area contributed by atoms with E-state index in [1.807, 2.05) is 11.3 Å². The molecule has 0 N–H and O–H groups in total. The molecular formula is C39H33N3S2. The van der Waals surface area contributed by atoms with E-state index >= 15 is 0 Å². The van der Waals surface area contributed by atoms with E-state index in [1.165, 1.54) is 59.8 Å². The Morgan fingerprint density at radius 1 is 0.705 bits per heavy atom. The summed E-state index contributed by atoms with van der Waals surface area (Å²) in [5, 5.41) is 3.44. The van der Waals surface area contributed by atoms with Crippen molar-refractivity contribution in [2.45, 2.75) is 45.4 Å². The lowest BCUT2D eigenvalue weighted by Gasteiger charge is -2.42. The minimum atomic E-state index is -0.145. The molecule has 0 unspecified atom stereocenters. The maximum Gasteiger partial charge on any atom is 0.174 e. The molecule has 216 valence electrons. The summed E-state index contributed by atoms with van der Waals surface area (Å²) in [6.07, 6.45) is 0. The molecule has 3 nitrogen and oxygen atoms in total. The van der Waals surface area contributed by atoms with Crippen molar-refractivity contribution in [3.63, 3.8) is 0 Å². The summed E-state index contributed by atoms with van der Waals surface area (Å²) in [6.45, 7) is 11.5. The third-order valence-corrected chi connectivity index (χ3v) is 10.9. The first-order chi connectivity index (χ1) is 21.2. The number of nitrogens with zero attached hydrogens (tertiary/aromatic N) is 3. The second kappa shape index (κ2) is 9.85. The van der Waals surface area contributed by atoms with Crippen LogP contribution in [0.25, 0.3) is 42.1 Å². The number of rotatable bonds is 3. The zero-order valence-electron chi connectivity index (χ0n) is 25.6. The van der Waals surface area contributed by atoms with Crippen molar-refractivity contribution in [3.05, 3.63) is 126 Å². The van der Waals surface area contributed by atoms with Crippen LogP contribution in [0.5, 0.6) is 0 Å². The van der Waals surface area contributed by atoms with Gasteiger partial charge in [-0.1, -0.05) is 107 Å². The smallest absolute Gasteiger partial charge is 0.174 e. The van der Waals surface area contributed by atoms with Gasteiger partial charge in [0.15, 0.2) is 5.82 Å². The van der Waals surface area contributed by atoms with E-state index in [4.69, 9.17) is 9.36 Å². The molecule has 5 heteroatoms. The van der Waals surface area contributed by atoms with Crippen molar-refractivity contribution in [2.75, 3.05) is 4.90 Å². The molecule has 5 aromatic carbocycles. The van der Waals surface area contributed by atoms with Crippen molar-refractivity contribution in [3.8, 4) is 22.0 Å². The monoisotopic (exact) mass is 607 g/mol. The first-order valence-corrected chi connectivity index (χ1v) is 16.7. The van der Waals surface area contributed by atoms with Crippen LogP contribution in [0.2, 0.25) is 0 Å². The normalized spacial score (nSPS) is 14.2. The van der Waals surface area contributed by atoms with Crippen molar-refractivity contribution in [1.82, 2.24) is 9.36 Å². The number of para-hydroxylation sites is 1. The van der Waals surface area contributed by atoms with E-state index in [1.54, 1.807) is 0 Å². The summed E-state index contributed by atoms with van der Waals surface area (Å²) in [4.78, 5) is 7.57. The van der Waals surface area contributed by atoms with Gasteiger partial charge in [0.25, 0.3) is 0 Å². The van der Waals surface area contributed by atoms with E-state index < -0.39 is 0 Å². The predicted octanol–water partition coefficient (Wildman–Crippen LogP) is 11.6. The highest BCUT2D eigenvalue weighted by molar-refractivity contribution is 7.26. The van der Waals surface area contributed by atoms with Crippen LogP contribution in [-0.2, 0) is 10.8 Å².